The minimum absolute atomic E-state index is 0.0426. The lowest BCUT2D eigenvalue weighted by molar-refractivity contribution is -0.385. The van der Waals surface area contributed by atoms with Crippen LogP contribution in [0.15, 0.2) is 79.0 Å². The van der Waals surface area contributed by atoms with E-state index in [1.54, 1.807) is 54.2 Å². The molecule has 0 aliphatic rings. The number of anilines is 1. The molecule has 0 saturated heterocycles. The zero-order chi connectivity index (χ0) is 24.1. The lowest BCUT2D eigenvalue weighted by Crippen LogP contribution is -2.13. The molecule has 172 valence electrons. The summed E-state index contributed by atoms with van der Waals surface area (Å²) >= 11 is 6.03. The van der Waals surface area contributed by atoms with Crippen LogP contribution in [0.5, 0.6) is 5.75 Å². The molecule has 0 aliphatic carbocycles. The van der Waals surface area contributed by atoms with Crippen LogP contribution < -0.4 is 10.1 Å². The van der Waals surface area contributed by atoms with Gasteiger partial charge in [0.2, 0.25) is 0 Å². The SMILES string of the molecule is Cc1cc(OCc2cccc(C(=O)Nc3ccn(Cc4cccc(Cl)c4)n3)c2)ccc1[N+](=O)[O-]. The molecular weight excluding hydrogens is 456 g/mol. The first kappa shape index (κ1) is 23.0. The zero-order valence-electron chi connectivity index (χ0n) is 18.3. The molecule has 0 bridgehead atoms. The average molecular weight is 477 g/mol. The van der Waals surface area contributed by atoms with Crippen LogP contribution in [0.4, 0.5) is 11.5 Å². The normalized spacial score (nSPS) is 10.6. The van der Waals surface area contributed by atoms with Crippen molar-refractivity contribution in [1.82, 2.24) is 9.78 Å². The molecule has 1 aromatic heterocycles. The van der Waals surface area contributed by atoms with Gasteiger partial charge in [-0.15, -0.1) is 0 Å². The number of nitro benzene ring substituents is 1. The lowest BCUT2D eigenvalue weighted by atomic mass is 10.1. The molecule has 0 radical (unpaired) electrons. The van der Waals surface area contributed by atoms with Gasteiger partial charge in [0, 0.05) is 34.5 Å². The maximum atomic E-state index is 12.7. The van der Waals surface area contributed by atoms with E-state index in [1.165, 1.54) is 6.07 Å². The number of ether oxygens (including phenoxy) is 1. The molecule has 4 rings (SSSR count). The van der Waals surface area contributed by atoms with Gasteiger partial charge in [-0.05, 0) is 54.4 Å². The highest BCUT2D eigenvalue weighted by Gasteiger charge is 2.12. The van der Waals surface area contributed by atoms with E-state index in [9.17, 15) is 14.9 Å². The number of hydrogen-bond donors (Lipinski definition) is 1. The number of halogens is 1. The first-order valence-electron chi connectivity index (χ1n) is 10.4. The number of aryl methyl sites for hydroxylation is 1. The maximum absolute atomic E-state index is 12.7. The summed E-state index contributed by atoms with van der Waals surface area (Å²) in [4.78, 5) is 23.2. The van der Waals surface area contributed by atoms with Crippen LogP contribution in [0.3, 0.4) is 0 Å². The van der Waals surface area contributed by atoms with Crippen molar-refractivity contribution in [3.63, 3.8) is 0 Å². The second-order valence-electron chi connectivity index (χ2n) is 7.68. The fraction of sp³-hybridized carbons (Fsp3) is 0.120. The minimum atomic E-state index is -0.429. The lowest BCUT2D eigenvalue weighted by Gasteiger charge is -2.09. The molecule has 0 aliphatic heterocycles. The van der Waals surface area contributed by atoms with Crippen molar-refractivity contribution in [1.29, 1.82) is 0 Å². The van der Waals surface area contributed by atoms with Crippen LogP contribution in [-0.2, 0) is 13.2 Å². The van der Waals surface area contributed by atoms with Gasteiger partial charge in [0.05, 0.1) is 11.5 Å². The van der Waals surface area contributed by atoms with Gasteiger partial charge in [0.25, 0.3) is 11.6 Å². The summed E-state index contributed by atoms with van der Waals surface area (Å²) in [5, 5.41) is 18.8. The summed E-state index contributed by atoms with van der Waals surface area (Å²) < 4.78 is 7.47. The quantitative estimate of drug-likeness (QED) is 0.262. The number of nitrogens with zero attached hydrogens (tertiary/aromatic N) is 3. The Kier molecular flexibility index (Phi) is 6.89. The Bertz CT molecular complexity index is 1350. The summed E-state index contributed by atoms with van der Waals surface area (Å²) in [6.45, 7) is 2.41. The van der Waals surface area contributed by atoms with E-state index >= 15 is 0 Å². The van der Waals surface area contributed by atoms with Crippen LogP contribution in [0.25, 0.3) is 0 Å². The molecule has 34 heavy (non-hydrogen) atoms. The van der Waals surface area contributed by atoms with Crippen molar-refractivity contribution in [3.05, 3.63) is 116 Å². The van der Waals surface area contributed by atoms with Gasteiger partial charge in [-0.25, -0.2) is 0 Å². The van der Waals surface area contributed by atoms with Crippen molar-refractivity contribution in [2.45, 2.75) is 20.1 Å². The van der Waals surface area contributed by atoms with Crippen LogP contribution in [0.2, 0.25) is 5.02 Å². The highest BCUT2D eigenvalue weighted by molar-refractivity contribution is 6.30. The van der Waals surface area contributed by atoms with Crippen molar-refractivity contribution in [2.75, 3.05) is 5.32 Å². The third kappa shape index (κ3) is 5.79. The predicted octanol–water partition coefficient (Wildman–Crippen LogP) is 5.63. The van der Waals surface area contributed by atoms with Crippen LogP contribution in [0, 0.1) is 17.0 Å². The van der Waals surface area contributed by atoms with E-state index in [0.717, 1.165) is 11.1 Å². The number of aromatic nitrogens is 2. The Morgan fingerprint density at radius 1 is 1.09 bits per heavy atom. The van der Waals surface area contributed by atoms with E-state index in [-0.39, 0.29) is 18.2 Å². The Balaban J connectivity index is 1.37. The number of carbonyl (C=O) groups is 1. The highest BCUT2D eigenvalue weighted by Crippen LogP contribution is 2.24. The molecule has 4 aromatic rings. The Hall–Kier alpha value is -4.17. The summed E-state index contributed by atoms with van der Waals surface area (Å²) in [5.41, 5.74) is 2.82. The summed E-state index contributed by atoms with van der Waals surface area (Å²) in [7, 11) is 0. The van der Waals surface area contributed by atoms with Gasteiger partial charge in [0.1, 0.15) is 12.4 Å². The third-order valence-electron chi connectivity index (χ3n) is 5.08. The fourth-order valence-corrected chi connectivity index (χ4v) is 3.63. The van der Waals surface area contributed by atoms with Crippen molar-refractivity contribution in [3.8, 4) is 5.75 Å². The molecule has 9 heteroatoms. The molecule has 1 amide bonds. The largest absolute Gasteiger partial charge is 0.489 e. The van der Waals surface area contributed by atoms with E-state index < -0.39 is 4.92 Å². The number of amides is 1. The minimum Gasteiger partial charge on any atom is -0.489 e. The Morgan fingerprint density at radius 2 is 1.88 bits per heavy atom. The topological polar surface area (TPSA) is 99.3 Å². The molecule has 1 heterocycles. The summed E-state index contributed by atoms with van der Waals surface area (Å²) in [6, 6.07) is 20.9. The molecule has 0 atom stereocenters. The number of rotatable bonds is 8. The van der Waals surface area contributed by atoms with E-state index in [0.29, 0.717) is 34.3 Å². The van der Waals surface area contributed by atoms with Crippen molar-refractivity contribution < 1.29 is 14.5 Å². The molecule has 0 fully saturated rings. The van der Waals surface area contributed by atoms with Crippen LogP contribution in [0.1, 0.15) is 27.0 Å². The van der Waals surface area contributed by atoms with Gasteiger partial charge in [-0.3, -0.25) is 19.6 Å². The van der Waals surface area contributed by atoms with E-state index in [2.05, 4.69) is 10.4 Å². The predicted molar refractivity (Wildman–Crippen MR) is 129 cm³/mol. The van der Waals surface area contributed by atoms with Gasteiger partial charge < -0.3 is 10.1 Å². The second-order valence-corrected chi connectivity index (χ2v) is 8.11. The summed E-state index contributed by atoms with van der Waals surface area (Å²) in [5.74, 6) is 0.666. The second kappa shape index (κ2) is 10.2. The van der Waals surface area contributed by atoms with Crippen molar-refractivity contribution in [2.24, 2.45) is 0 Å². The number of nitro groups is 1. The monoisotopic (exact) mass is 476 g/mol. The van der Waals surface area contributed by atoms with Gasteiger partial charge in [-0.1, -0.05) is 35.9 Å². The Morgan fingerprint density at radius 3 is 2.65 bits per heavy atom. The number of carbonyl (C=O) groups excluding carboxylic acids is 1. The molecule has 0 spiro atoms. The maximum Gasteiger partial charge on any atom is 0.272 e. The molecule has 0 unspecified atom stereocenters. The van der Waals surface area contributed by atoms with E-state index in [4.69, 9.17) is 16.3 Å². The van der Waals surface area contributed by atoms with E-state index in [1.807, 2.05) is 30.3 Å². The average Bonchev–Trinajstić information content (AvgIpc) is 3.24. The molecule has 0 saturated carbocycles. The smallest absolute Gasteiger partial charge is 0.272 e. The number of nitrogens with one attached hydrogen (secondary N) is 1. The first-order chi connectivity index (χ1) is 16.4. The zero-order valence-corrected chi connectivity index (χ0v) is 19.0. The first-order valence-corrected chi connectivity index (χ1v) is 10.8. The molecular formula is C25H21ClN4O4. The van der Waals surface area contributed by atoms with Crippen molar-refractivity contribution >= 4 is 29.0 Å². The van der Waals surface area contributed by atoms with Gasteiger partial charge in [0.15, 0.2) is 5.82 Å². The molecule has 8 nitrogen and oxygen atoms in total. The standard InChI is InChI=1S/C25H21ClN4O4/c1-17-12-22(8-9-23(17)30(32)33)34-16-19-5-2-6-20(13-19)25(31)27-24-10-11-29(28-24)15-18-4-3-7-21(26)14-18/h2-14H,15-16H2,1H3,(H,27,28,31). The van der Waals surface area contributed by atoms with Gasteiger partial charge in [-0.2, -0.15) is 5.10 Å². The Labute approximate surface area is 200 Å². The summed E-state index contributed by atoms with van der Waals surface area (Å²) in [6.07, 6.45) is 1.78. The number of hydrogen-bond acceptors (Lipinski definition) is 5. The number of benzene rings is 3. The third-order valence-corrected chi connectivity index (χ3v) is 5.31. The molecule has 3 aromatic carbocycles. The van der Waals surface area contributed by atoms with Gasteiger partial charge >= 0.3 is 0 Å². The highest BCUT2D eigenvalue weighted by atomic mass is 35.5. The molecule has 1 N–H and O–H groups in total. The fourth-order valence-electron chi connectivity index (χ4n) is 3.42. The van der Waals surface area contributed by atoms with Crippen LogP contribution >= 0.6 is 11.6 Å². The van der Waals surface area contributed by atoms with Crippen LogP contribution in [-0.4, -0.2) is 20.6 Å².